The number of carbonyl (C=O) groups is 1. The molecule has 3 heteroatoms. The largest absolute Gasteiger partial charge is 0.352 e. The Balaban J connectivity index is 1.63. The summed E-state index contributed by atoms with van der Waals surface area (Å²) in [6, 6.07) is 0.393. The first-order chi connectivity index (χ1) is 8.16. The molecule has 2 aliphatic rings. The quantitative estimate of drug-likeness (QED) is 0.744. The van der Waals surface area contributed by atoms with Crippen molar-refractivity contribution in [1.82, 2.24) is 10.6 Å². The molecule has 2 N–H and O–H groups in total. The zero-order chi connectivity index (χ0) is 12.3. The molecule has 0 aromatic heterocycles. The number of amides is 1. The molecule has 98 valence electrons. The maximum Gasteiger partial charge on any atom is 0.237 e. The van der Waals surface area contributed by atoms with E-state index in [4.69, 9.17) is 0 Å². The maximum atomic E-state index is 11.9. The Labute approximate surface area is 105 Å². The molecule has 3 nitrogen and oxygen atoms in total. The number of hydrogen-bond acceptors (Lipinski definition) is 2. The molecule has 0 heterocycles. The van der Waals surface area contributed by atoms with Gasteiger partial charge in [0.1, 0.15) is 0 Å². The SMILES string of the molecule is CC(NCC(C)C1CC1)C(=O)NC1CCCC1. The minimum Gasteiger partial charge on any atom is -0.352 e. The van der Waals surface area contributed by atoms with Crippen LogP contribution in [0.25, 0.3) is 0 Å². The standard InChI is InChI=1S/C14H26N2O/c1-10(12-7-8-12)9-15-11(2)14(17)16-13-5-3-4-6-13/h10-13,15H,3-9H2,1-2H3,(H,16,17). The van der Waals surface area contributed by atoms with Gasteiger partial charge in [0.15, 0.2) is 0 Å². The van der Waals surface area contributed by atoms with Crippen LogP contribution in [0.2, 0.25) is 0 Å². The molecule has 2 fully saturated rings. The number of hydrogen-bond donors (Lipinski definition) is 2. The van der Waals surface area contributed by atoms with Gasteiger partial charge in [-0.1, -0.05) is 19.8 Å². The third kappa shape index (κ3) is 3.98. The average Bonchev–Trinajstić information content (AvgIpc) is 3.05. The average molecular weight is 238 g/mol. The van der Waals surface area contributed by atoms with Gasteiger partial charge in [0.2, 0.25) is 5.91 Å². The molecule has 2 aliphatic carbocycles. The van der Waals surface area contributed by atoms with Crippen molar-refractivity contribution >= 4 is 5.91 Å². The topological polar surface area (TPSA) is 41.1 Å². The lowest BCUT2D eigenvalue weighted by Gasteiger charge is -2.19. The summed E-state index contributed by atoms with van der Waals surface area (Å²) in [5.41, 5.74) is 0. The summed E-state index contributed by atoms with van der Waals surface area (Å²) in [6.45, 7) is 5.24. The molecule has 17 heavy (non-hydrogen) atoms. The van der Waals surface area contributed by atoms with Gasteiger partial charge in [-0.2, -0.15) is 0 Å². The highest BCUT2D eigenvalue weighted by molar-refractivity contribution is 5.81. The Morgan fingerprint density at radius 2 is 1.82 bits per heavy atom. The van der Waals surface area contributed by atoms with Crippen LogP contribution in [0.3, 0.4) is 0 Å². The Hall–Kier alpha value is -0.570. The molecule has 0 radical (unpaired) electrons. The van der Waals surface area contributed by atoms with E-state index in [0.29, 0.717) is 6.04 Å². The third-order valence-electron chi connectivity index (χ3n) is 4.27. The molecular formula is C14H26N2O. The fraction of sp³-hybridized carbons (Fsp3) is 0.929. The summed E-state index contributed by atoms with van der Waals surface area (Å²) in [6.07, 6.45) is 7.63. The van der Waals surface area contributed by atoms with E-state index in [-0.39, 0.29) is 11.9 Å². The highest BCUT2D eigenvalue weighted by Gasteiger charge is 2.28. The fourth-order valence-corrected chi connectivity index (χ4v) is 2.68. The van der Waals surface area contributed by atoms with Crippen LogP contribution in [-0.4, -0.2) is 24.5 Å². The van der Waals surface area contributed by atoms with Crippen LogP contribution in [-0.2, 0) is 4.79 Å². The summed E-state index contributed by atoms with van der Waals surface area (Å²) in [7, 11) is 0. The van der Waals surface area contributed by atoms with Crippen LogP contribution >= 0.6 is 0 Å². The lowest BCUT2D eigenvalue weighted by Crippen LogP contribution is -2.46. The van der Waals surface area contributed by atoms with Gasteiger partial charge in [0.05, 0.1) is 6.04 Å². The minimum absolute atomic E-state index is 0.0446. The van der Waals surface area contributed by atoms with Crippen molar-refractivity contribution in [3.8, 4) is 0 Å². The lowest BCUT2D eigenvalue weighted by molar-refractivity contribution is -0.123. The molecule has 2 atom stereocenters. The highest BCUT2D eigenvalue weighted by atomic mass is 16.2. The highest BCUT2D eigenvalue weighted by Crippen LogP contribution is 2.36. The van der Waals surface area contributed by atoms with Crippen LogP contribution in [0.5, 0.6) is 0 Å². The first-order valence-corrected chi connectivity index (χ1v) is 7.20. The molecule has 2 unspecified atom stereocenters. The van der Waals surface area contributed by atoms with Crippen LogP contribution in [0.15, 0.2) is 0 Å². The second kappa shape index (κ2) is 5.85. The predicted molar refractivity (Wildman–Crippen MR) is 69.8 cm³/mol. The van der Waals surface area contributed by atoms with E-state index in [2.05, 4.69) is 17.6 Å². The molecule has 0 saturated heterocycles. The molecule has 0 aliphatic heterocycles. The van der Waals surface area contributed by atoms with E-state index in [0.717, 1.165) is 31.2 Å². The Morgan fingerprint density at radius 3 is 2.41 bits per heavy atom. The smallest absolute Gasteiger partial charge is 0.237 e. The summed E-state index contributed by atoms with van der Waals surface area (Å²) in [5.74, 6) is 1.81. The van der Waals surface area contributed by atoms with Gasteiger partial charge >= 0.3 is 0 Å². The van der Waals surface area contributed by atoms with Gasteiger partial charge in [0.25, 0.3) is 0 Å². The van der Waals surface area contributed by atoms with Crippen molar-refractivity contribution in [2.45, 2.75) is 64.5 Å². The van der Waals surface area contributed by atoms with Gasteiger partial charge < -0.3 is 10.6 Å². The fourth-order valence-electron chi connectivity index (χ4n) is 2.68. The van der Waals surface area contributed by atoms with Gasteiger partial charge in [-0.05, 0) is 51.0 Å². The molecule has 1 amide bonds. The molecule has 0 spiro atoms. The normalized spacial score (nSPS) is 24.6. The van der Waals surface area contributed by atoms with Crippen LogP contribution in [0.1, 0.15) is 52.4 Å². The molecular weight excluding hydrogens is 212 g/mol. The lowest BCUT2D eigenvalue weighted by atomic mass is 10.1. The van der Waals surface area contributed by atoms with E-state index in [9.17, 15) is 4.79 Å². The first-order valence-electron chi connectivity index (χ1n) is 7.20. The van der Waals surface area contributed by atoms with Crippen molar-refractivity contribution in [1.29, 1.82) is 0 Å². The molecule has 2 saturated carbocycles. The van der Waals surface area contributed by atoms with Crippen LogP contribution in [0.4, 0.5) is 0 Å². The summed E-state index contributed by atoms with van der Waals surface area (Å²) in [5, 5.41) is 6.51. The second-order valence-electron chi connectivity index (χ2n) is 5.93. The van der Waals surface area contributed by atoms with E-state index in [1.807, 2.05) is 6.92 Å². The Kier molecular flexibility index (Phi) is 4.43. The predicted octanol–water partition coefficient (Wildman–Crippen LogP) is 2.07. The minimum atomic E-state index is -0.0446. The maximum absolute atomic E-state index is 11.9. The Bertz CT molecular complexity index is 257. The van der Waals surface area contributed by atoms with Crippen molar-refractivity contribution in [2.75, 3.05) is 6.54 Å². The van der Waals surface area contributed by atoms with Crippen molar-refractivity contribution < 1.29 is 4.79 Å². The molecule has 0 aromatic rings. The zero-order valence-corrected chi connectivity index (χ0v) is 11.2. The molecule has 2 rings (SSSR count). The number of carbonyl (C=O) groups excluding carboxylic acids is 1. The Morgan fingerprint density at radius 1 is 1.18 bits per heavy atom. The summed E-state index contributed by atoms with van der Waals surface area (Å²) in [4.78, 5) is 11.9. The molecule has 0 aromatic carbocycles. The number of rotatable bonds is 6. The van der Waals surface area contributed by atoms with E-state index < -0.39 is 0 Å². The third-order valence-corrected chi connectivity index (χ3v) is 4.27. The summed E-state index contributed by atoms with van der Waals surface area (Å²) < 4.78 is 0. The van der Waals surface area contributed by atoms with Gasteiger partial charge in [-0.3, -0.25) is 4.79 Å². The van der Waals surface area contributed by atoms with E-state index >= 15 is 0 Å². The first kappa shape index (κ1) is 12.9. The van der Waals surface area contributed by atoms with Gasteiger partial charge in [-0.15, -0.1) is 0 Å². The van der Waals surface area contributed by atoms with Crippen LogP contribution < -0.4 is 10.6 Å². The van der Waals surface area contributed by atoms with E-state index in [1.54, 1.807) is 0 Å². The van der Waals surface area contributed by atoms with Crippen molar-refractivity contribution in [2.24, 2.45) is 11.8 Å². The van der Waals surface area contributed by atoms with E-state index in [1.165, 1.54) is 25.7 Å². The van der Waals surface area contributed by atoms with Crippen LogP contribution in [0, 0.1) is 11.8 Å². The summed E-state index contributed by atoms with van der Waals surface area (Å²) >= 11 is 0. The monoisotopic (exact) mass is 238 g/mol. The van der Waals surface area contributed by atoms with Crippen molar-refractivity contribution in [3.05, 3.63) is 0 Å². The number of nitrogens with one attached hydrogen (secondary N) is 2. The molecule has 0 bridgehead atoms. The second-order valence-corrected chi connectivity index (χ2v) is 5.93. The van der Waals surface area contributed by atoms with Gasteiger partial charge in [0, 0.05) is 6.04 Å². The van der Waals surface area contributed by atoms with Gasteiger partial charge in [-0.25, -0.2) is 0 Å². The van der Waals surface area contributed by atoms with Crippen molar-refractivity contribution in [3.63, 3.8) is 0 Å². The zero-order valence-electron chi connectivity index (χ0n) is 11.2.